The first-order valence-electron chi connectivity index (χ1n) is 5.55. The number of carbonyl (C=O) groups excluding carboxylic acids is 1. The summed E-state index contributed by atoms with van der Waals surface area (Å²) in [7, 11) is 0. The van der Waals surface area contributed by atoms with Crippen LogP contribution in [0.25, 0.3) is 0 Å². The summed E-state index contributed by atoms with van der Waals surface area (Å²) in [5, 5.41) is 0. The zero-order chi connectivity index (χ0) is 13.7. The highest BCUT2D eigenvalue weighted by Crippen LogP contribution is 2.24. The van der Waals surface area contributed by atoms with Crippen molar-refractivity contribution < 1.29 is 18.3 Å². The Labute approximate surface area is 104 Å². The second-order valence-electron chi connectivity index (χ2n) is 4.04. The highest BCUT2D eigenvalue weighted by molar-refractivity contribution is 5.76. The molecule has 4 N–H and O–H groups in total. The van der Waals surface area contributed by atoms with Crippen LogP contribution in [-0.4, -0.2) is 19.1 Å². The van der Waals surface area contributed by atoms with Gasteiger partial charge in [-0.05, 0) is 30.7 Å². The highest BCUT2D eigenvalue weighted by atomic mass is 19.1. The molecule has 0 heterocycles. The molecule has 1 aromatic carbocycles. The van der Waals surface area contributed by atoms with E-state index in [-0.39, 0.29) is 6.61 Å². The molecule has 18 heavy (non-hydrogen) atoms. The number of carbonyl (C=O) groups is 1. The highest BCUT2D eigenvalue weighted by Gasteiger charge is 2.15. The maximum absolute atomic E-state index is 13.6. The number of nitrogens with two attached hydrogens (primary N) is 2. The van der Waals surface area contributed by atoms with Crippen molar-refractivity contribution in [2.75, 3.05) is 13.2 Å². The Kier molecular flexibility index (Phi) is 5.03. The molecule has 1 rings (SSSR count). The van der Waals surface area contributed by atoms with E-state index in [1.54, 1.807) is 0 Å². The van der Waals surface area contributed by atoms with Crippen LogP contribution in [0.5, 0.6) is 5.75 Å². The molecule has 1 amide bonds. The lowest BCUT2D eigenvalue weighted by Gasteiger charge is -2.12. The molecular formula is C12H16F2N2O2. The SMILES string of the molecule is CC(COc1c(F)cc(CCN)cc1F)C(N)=O. The summed E-state index contributed by atoms with van der Waals surface area (Å²) < 4.78 is 32.1. The minimum absolute atomic E-state index is 0.167. The third kappa shape index (κ3) is 3.66. The van der Waals surface area contributed by atoms with Crippen LogP contribution in [0.15, 0.2) is 12.1 Å². The minimum atomic E-state index is -0.810. The molecule has 4 nitrogen and oxygen atoms in total. The van der Waals surface area contributed by atoms with Crippen molar-refractivity contribution >= 4 is 5.91 Å². The van der Waals surface area contributed by atoms with E-state index in [2.05, 4.69) is 0 Å². The van der Waals surface area contributed by atoms with Crippen molar-refractivity contribution in [3.05, 3.63) is 29.3 Å². The first-order chi connectivity index (χ1) is 8.45. The third-order valence-electron chi connectivity index (χ3n) is 2.45. The number of primary amides is 1. The smallest absolute Gasteiger partial charge is 0.223 e. The van der Waals surface area contributed by atoms with E-state index in [1.165, 1.54) is 19.1 Å². The number of ether oxygens (including phenoxy) is 1. The molecule has 0 aliphatic carbocycles. The van der Waals surface area contributed by atoms with Gasteiger partial charge in [0.1, 0.15) is 0 Å². The number of hydrogen-bond acceptors (Lipinski definition) is 3. The molecule has 0 aromatic heterocycles. The maximum atomic E-state index is 13.6. The normalized spacial score (nSPS) is 12.2. The molecule has 0 spiro atoms. The molecular weight excluding hydrogens is 242 g/mol. The lowest BCUT2D eigenvalue weighted by molar-refractivity contribution is -0.122. The van der Waals surface area contributed by atoms with Crippen molar-refractivity contribution in [2.45, 2.75) is 13.3 Å². The Bertz CT molecular complexity index is 415. The Morgan fingerprint density at radius 1 is 1.39 bits per heavy atom. The fourth-order valence-corrected chi connectivity index (χ4v) is 1.35. The van der Waals surface area contributed by atoms with Gasteiger partial charge in [-0.15, -0.1) is 0 Å². The molecule has 6 heteroatoms. The number of amides is 1. The lowest BCUT2D eigenvalue weighted by atomic mass is 10.1. The summed E-state index contributed by atoms with van der Waals surface area (Å²) >= 11 is 0. The molecule has 100 valence electrons. The van der Waals surface area contributed by atoms with Gasteiger partial charge in [-0.2, -0.15) is 0 Å². The van der Waals surface area contributed by atoms with Gasteiger partial charge in [-0.3, -0.25) is 4.79 Å². The number of benzene rings is 1. The van der Waals surface area contributed by atoms with E-state index in [0.717, 1.165) is 0 Å². The molecule has 0 fully saturated rings. The van der Waals surface area contributed by atoms with Crippen LogP contribution in [0.1, 0.15) is 12.5 Å². The molecule has 0 aliphatic heterocycles. The van der Waals surface area contributed by atoms with Crippen LogP contribution in [0.3, 0.4) is 0 Å². The molecule has 0 saturated carbocycles. The van der Waals surface area contributed by atoms with Crippen LogP contribution in [0.2, 0.25) is 0 Å². The summed E-state index contributed by atoms with van der Waals surface area (Å²) in [5.41, 5.74) is 10.8. The van der Waals surface area contributed by atoms with E-state index < -0.39 is 29.2 Å². The monoisotopic (exact) mass is 258 g/mol. The second kappa shape index (κ2) is 6.30. The van der Waals surface area contributed by atoms with E-state index >= 15 is 0 Å². The van der Waals surface area contributed by atoms with Crippen LogP contribution < -0.4 is 16.2 Å². The standard InChI is InChI=1S/C12H16F2N2O2/c1-7(12(16)17)6-18-11-9(13)4-8(2-3-15)5-10(11)14/h4-5,7H,2-3,6,15H2,1H3,(H2,16,17). The summed E-state index contributed by atoms with van der Waals surface area (Å²) in [6, 6.07) is 2.33. The van der Waals surface area contributed by atoms with Gasteiger partial charge in [0.05, 0.1) is 12.5 Å². The van der Waals surface area contributed by atoms with Crippen molar-refractivity contribution in [2.24, 2.45) is 17.4 Å². The molecule has 1 aromatic rings. The van der Waals surface area contributed by atoms with E-state index in [4.69, 9.17) is 16.2 Å². The van der Waals surface area contributed by atoms with Gasteiger partial charge in [-0.1, -0.05) is 6.92 Å². The van der Waals surface area contributed by atoms with Gasteiger partial charge >= 0.3 is 0 Å². The Morgan fingerprint density at radius 3 is 2.39 bits per heavy atom. The summed E-state index contributed by atoms with van der Waals surface area (Å²) in [4.78, 5) is 10.8. The fraction of sp³-hybridized carbons (Fsp3) is 0.417. The Balaban J connectivity index is 2.80. The van der Waals surface area contributed by atoms with Crippen molar-refractivity contribution in [3.8, 4) is 5.75 Å². The Hall–Kier alpha value is -1.69. The minimum Gasteiger partial charge on any atom is -0.487 e. The largest absolute Gasteiger partial charge is 0.487 e. The molecule has 1 unspecified atom stereocenters. The second-order valence-corrected chi connectivity index (χ2v) is 4.04. The summed E-state index contributed by atoms with van der Waals surface area (Å²) in [6.45, 7) is 1.65. The number of rotatable bonds is 6. The Morgan fingerprint density at radius 2 is 1.94 bits per heavy atom. The third-order valence-corrected chi connectivity index (χ3v) is 2.45. The average Bonchev–Trinajstić information content (AvgIpc) is 2.27. The van der Waals surface area contributed by atoms with Crippen LogP contribution >= 0.6 is 0 Å². The van der Waals surface area contributed by atoms with E-state index in [1.807, 2.05) is 0 Å². The van der Waals surface area contributed by atoms with Crippen molar-refractivity contribution in [3.63, 3.8) is 0 Å². The van der Waals surface area contributed by atoms with Gasteiger partial charge in [0, 0.05) is 0 Å². The first-order valence-corrected chi connectivity index (χ1v) is 5.55. The molecule has 0 aliphatic rings. The quantitative estimate of drug-likeness (QED) is 0.798. The van der Waals surface area contributed by atoms with Crippen LogP contribution in [-0.2, 0) is 11.2 Å². The van der Waals surface area contributed by atoms with Gasteiger partial charge < -0.3 is 16.2 Å². The van der Waals surface area contributed by atoms with Crippen LogP contribution in [0.4, 0.5) is 8.78 Å². The number of hydrogen-bond donors (Lipinski definition) is 2. The fourth-order valence-electron chi connectivity index (χ4n) is 1.35. The first kappa shape index (κ1) is 14.4. The van der Waals surface area contributed by atoms with Crippen molar-refractivity contribution in [1.82, 2.24) is 0 Å². The van der Waals surface area contributed by atoms with Crippen molar-refractivity contribution in [1.29, 1.82) is 0 Å². The maximum Gasteiger partial charge on any atom is 0.223 e. The average molecular weight is 258 g/mol. The zero-order valence-electron chi connectivity index (χ0n) is 10.1. The predicted molar refractivity (Wildman–Crippen MR) is 63.0 cm³/mol. The van der Waals surface area contributed by atoms with Gasteiger partial charge in [0.25, 0.3) is 0 Å². The van der Waals surface area contributed by atoms with Gasteiger partial charge in [0.2, 0.25) is 5.91 Å². The predicted octanol–water partition coefficient (Wildman–Crippen LogP) is 0.966. The van der Waals surface area contributed by atoms with Crippen LogP contribution in [0, 0.1) is 17.6 Å². The lowest BCUT2D eigenvalue weighted by Crippen LogP contribution is -2.26. The van der Waals surface area contributed by atoms with Gasteiger partial charge in [-0.25, -0.2) is 8.78 Å². The zero-order valence-corrected chi connectivity index (χ0v) is 10.1. The molecule has 0 saturated heterocycles. The molecule has 0 bridgehead atoms. The van der Waals surface area contributed by atoms with E-state index in [9.17, 15) is 13.6 Å². The van der Waals surface area contributed by atoms with Gasteiger partial charge in [0.15, 0.2) is 17.4 Å². The topological polar surface area (TPSA) is 78.3 Å². The molecule has 0 radical (unpaired) electrons. The van der Waals surface area contributed by atoms with E-state index in [0.29, 0.717) is 18.5 Å². The molecule has 1 atom stereocenters. The summed E-state index contributed by atoms with van der Waals surface area (Å²) in [6.07, 6.45) is 0.381. The number of halogens is 2. The summed E-state index contributed by atoms with van der Waals surface area (Å²) in [5.74, 6) is -3.32.